The van der Waals surface area contributed by atoms with Gasteiger partial charge in [0.2, 0.25) is 0 Å². The fourth-order valence-corrected chi connectivity index (χ4v) is 6.53. The molecule has 1 fully saturated rings. The second-order valence-electron chi connectivity index (χ2n) is 11.0. The Morgan fingerprint density at radius 3 is 2.65 bits per heavy atom. The lowest BCUT2D eigenvalue weighted by molar-refractivity contribution is -0.109. The number of alkyl halides is 2. The van der Waals surface area contributed by atoms with Crippen LogP contribution in [-0.4, -0.2) is 54.1 Å². The van der Waals surface area contributed by atoms with Crippen molar-refractivity contribution >= 4 is 11.6 Å². The molecule has 2 aliphatic carbocycles. The molecule has 0 spiro atoms. The quantitative estimate of drug-likeness (QED) is 0.410. The van der Waals surface area contributed by atoms with Gasteiger partial charge in [-0.05, 0) is 37.6 Å². The number of hydrogen-bond acceptors (Lipinski definition) is 8. The lowest BCUT2D eigenvalue weighted by Crippen LogP contribution is -2.48. The third-order valence-corrected chi connectivity index (χ3v) is 8.29. The molecule has 2 unspecified atom stereocenters. The van der Waals surface area contributed by atoms with Crippen molar-refractivity contribution < 1.29 is 23.4 Å². The van der Waals surface area contributed by atoms with E-state index in [-0.39, 0.29) is 36.4 Å². The van der Waals surface area contributed by atoms with E-state index in [0.29, 0.717) is 45.8 Å². The first-order valence-corrected chi connectivity index (χ1v) is 12.8. The molecule has 1 N–H and O–H groups in total. The van der Waals surface area contributed by atoms with Crippen molar-refractivity contribution in [2.24, 2.45) is 5.41 Å². The Morgan fingerprint density at radius 2 is 1.95 bits per heavy atom. The van der Waals surface area contributed by atoms with Gasteiger partial charge in [-0.25, -0.2) is 19.5 Å². The average Bonchev–Trinajstić information content (AvgIpc) is 3.45. The molecular weight excluding hydrogens is 520 g/mol. The Labute approximate surface area is 226 Å². The highest BCUT2D eigenvalue weighted by molar-refractivity contribution is 5.98. The molecule has 3 aliphatic rings. The van der Waals surface area contributed by atoms with Crippen LogP contribution in [0.25, 0.3) is 16.9 Å². The number of nitrogens with zero attached hydrogens (tertiary/aromatic N) is 7. The van der Waals surface area contributed by atoms with Crippen LogP contribution in [-0.2, 0) is 5.60 Å². The smallest absolute Gasteiger partial charge is 0.387 e. The molecule has 4 heterocycles. The lowest BCUT2D eigenvalue weighted by Gasteiger charge is -2.46. The van der Waals surface area contributed by atoms with Crippen LogP contribution in [0.1, 0.15) is 71.3 Å². The predicted molar refractivity (Wildman–Crippen MR) is 135 cm³/mol. The standard InChI is InChI=1S/C28H23F2N7O3/c1-27(13-31)11-28(39,12-27)25-32-9-14(10-33-25)17-6-7-20-34-22-18-8-16(23(22)37(20)35-17)21-15(24(38)36(18)2)4-3-5-19(21)40-26(29)30/h3-7,9-10,16,18,26,39H,8,11-12H2,1-2H3. The number of hydrogen-bond donors (Lipinski definition) is 1. The van der Waals surface area contributed by atoms with Crippen LogP contribution >= 0.6 is 0 Å². The molecule has 1 saturated carbocycles. The first kappa shape index (κ1) is 24.5. The molecule has 3 aromatic heterocycles. The third kappa shape index (κ3) is 3.43. The van der Waals surface area contributed by atoms with Gasteiger partial charge < -0.3 is 14.7 Å². The number of fused-ring (bicyclic) bond motifs is 9. The average molecular weight is 544 g/mol. The minimum absolute atomic E-state index is 0.0377. The van der Waals surface area contributed by atoms with Gasteiger partial charge in [-0.1, -0.05) is 6.07 Å². The molecule has 7 rings (SSSR count). The number of carbonyl (C=O) groups is 1. The number of aromatic nitrogens is 5. The van der Waals surface area contributed by atoms with Crippen molar-refractivity contribution in [2.75, 3.05) is 7.05 Å². The maximum atomic E-state index is 13.3. The van der Waals surface area contributed by atoms with Crippen molar-refractivity contribution in [2.45, 2.75) is 50.4 Å². The number of rotatable bonds is 4. The zero-order valence-electron chi connectivity index (χ0n) is 21.5. The monoisotopic (exact) mass is 543 g/mol. The molecule has 2 atom stereocenters. The second-order valence-corrected chi connectivity index (χ2v) is 11.0. The van der Waals surface area contributed by atoms with E-state index in [2.05, 4.69) is 16.0 Å². The normalized spacial score (nSPS) is 26.7. The summed E-state index contributed by atoms with van der Waals surface area (Å²) in [6, 6.07) is 10.1. The molecule has 202 valence electrons. The Morgan fingerprint density at radius 1 is 1.20 bits per heavy atom. The zero-order chi connectivity index (χ0) is 28.0. The molecule has 10 nitrogen and oxygen atoms in total. The summed E-state index contributed by atoms with van der Waals surface area (Å²) < 4.78 is 33.2. The van der Waals surface area contributed by atoms with Gasteiger partial charge in [0.15, 0.2) is 11.5 Å². The van der Waals surface area contributed by atoms with Crippen LogP contribution in [0.4, 0.5) is 8.78 Å². The van der Waals surface area contributed by atoms with Crippen molar-refractivity contribution in [3.05, 3.63) is 71.1 Å². The van der Waals surface area contributed by atoms with E-state index in [9.17, 15) is 23.9 Å². The summed E-state index contributed by atoms with van der Waals surface area (Å²) in [5, 5.41) is 24.9. The van der Waals surface area contributed by atoms with Crippen LogP contribution in [0.2, 0.25) is 0 Å². The molecule has 40 heavy (non-hydrogen) atoms. The number of amides is 1. The van der Waals surface area contributed by atoms with Crippen LogP contribution in [0.15, 0.2) is 42.7 Å². The number of aliphatic hydroxyl groups is 1. The second kappa shape index (κ2) is 8.25. The molecular formula is C28H23F2N7O3. The lowest BCUT2D eigenvalue weighted by atomic mass is 9.60. The third-order valence-electron chi connectivity index (χ3n) is 8.29. The summed E-state index contributed by atoms with van der Waals surface area (Å²) in [4.78, 5) is 28.4. The number of imidazole rings is 1. The molecule has 2 bridgehead atoms. The Kier molecular flexibility index (Phi) is 5.06. The summed E-state index contributed by atoms with van der Waals surface area (Å²) >= 11 is 0. The molecule has 1 amide bonds. The topological polar surface area (TPSA) is 130 Å². The van der Waals surface area contributed by atoms with Gasteiger partial charge >= 0.3 is 6.61 Å². The van der Waals surface area contributed by atoms with Crippen molar-refractivity contribution in [1.29, 1.82) is 5.26 Å². The number of halogens is 2. The SMILES string of the molecule is CN1C(=O)c2cccc(OC(F)F)c2C2CC1c1nc3ccc(-c4cnc(C5(O)CC(C)(C#N)C5)nc4)nn3c12. The Hall–Kier alpha value is -4.50. The Balaban J connectivity index is 1.31. The zero-order valence-corrected chi connectivity index (χ0v) is 21.5. The van der Waals surface area contributed by atoms with Crippen LogP contribution in [0.5, 0.6) is 5.75 Å². The minimum atomic E-state index is -3.04. The van der Waals surface area contributed by atoms with Gasteiger partial charge in [0.05, 0.1) is 34.6 Å². The van der Waals surface area contributed by atoms with E-state index >= 15 is 0 Å². The van der Waals surface area contributed by atoms with E-state index in [1.54, 1.807) is 54.0 Å². The number of benzene rings is 1. The van der Waals surface area contributed by atoms with E-state index in [4.69, 9.17) is 14.8 Å². The summed E-state index contributed by atoms with van der Waals surface area (Å²) in [5.41, 5.74) is 1.96. The molecule has 0 radical (unpaired) electrons. The molecule has 4 aromatic rings. The molecule has 0 saturated heterocycles. The molecule has 12 heteroatoms. The predicted octanol–water partition coefficient (Wildman–Crippen LogP) is 3.96. The molecule has 1 aliphatic heterocycles. The number of nitriles is 1. The first-order valence-electron chi connectivity index (χ1n) is 12.8. The maximum absolute atomic E-state index is 13.3. The molecule has 1 aromatic carbocycles. The van der Waals surface area contributed by atoms with Gasteiger partial charge in [-0.2, -0.15) is 19.1 Å². The summed E-state index contributed by atoms with van der Waals surface area (Å²) in [7, 11) is 1.69. The van der Waals surface area contributed by atoms with Gasteiger partial charge in [-0.3, -0.25) is 4.79 Å². The van der Waals surface area contributed by atoms with E-state index < -0.39 is 23.5 Å². The highest BCUT2D eigenvalue weighted by Gasteiger charge is 2.54. The minimum Gasteiger partial charge on any atom is -0.434 e. The number of carbonyl (C=O) groups excluding carboxylic acids is 1. The van der Waals surface area contributed by atoms with E-state index in [0.717, 1.165) is 0 Å². The number of ether oxygens (including phenoxy) is 1. The summed E-state index contributed by atoms with van der Waals surface area (Å²) in [5.74, 6) is -0.504. The first-order chi connectivity index (χ1) is 19.1. The fourth-order valence-electron chi connectivity index (χ4n) is 6.53. The van der Waals surface area contributed by atoms with Crippen LogP contribution in [0, 0.1) is 16.7 Å². The van der Waals surface area contributed by atoms with Gasteiger partial charge in [0, 0.05) is 54.9 Å². The van der Waals surface area contributed by atoms with Crippen molar-refractivity contribution in [3.63, 3.8) is 0 Å². The van der Waals surface area contributed by atoms with Crippen molar-refractivity contribution in [1.82, 2.24) is 29.5 Å². The highest BCUT2D eigenvalue weighted by Crippen LogP contribution is 2.53. The Bertz CT molecular complexity index is 1740. The van der Waals surface area contributed by atoms with Gasteiger partial charge in [-0.15, -0.1) is 0 Å². The van der Waals surface area contributed by atoms with Crippen molar-refractivity contribution in [3.8, 4) is 23.1 Å². The summed E-state index contributed by atoms with van der Waals surface area (Å²) in [6.45, 7) is -1.25. The van der Waals surface area contributed by atoms with Gasteiger partial charge in [0.1, 0.15) is 11.4 Å². The van der Waals surface area contributed by atoms with E-state index in [1.807, 2.05) is 0 Å². The van der Waals surface area contributed by atoms with Crippen LogP contribution in [0.3, 0.4) is 0 Å². The highest BCUT2D eigenvalue weighted by atomic mass is 19.3. The van der Waals surface area contributed by atoms with Crippen LogP contribution < -0.4 is 4.74 Å². The fraction of sp³-hybridized carbons (Fsp3) is 0.357. The summed E-state index contributed by atoms with van der Waals surface area (Å²) in [6.07, 6.45) is 4.14. The van der Waals surface area contributed by atoms with E-state index in [1.165, 1.54) is 12.1 Å². The van der Waals surface area contributed by atoms with Gasteiger partial charge in [0.25, 0.3) is 5.91 Å². The largest absolute Gasteiger partial charge is 0.434 e. The maximum Gasteiger partial charge on any atom is 0.387 e.